The predicted octanol–water partition coefficient (Wildman–Crippen LogP) is -0.161. The van der Waals surface area contributed by atoms with Crippen molar-refractivity contribution in [3.63, 3.8) is 0 Å². The van der Waals surface area contributed by atoms with Gasteiger partial charge in [-0.3, -0.25) is 4.79 Å². The van der Waals surface area contributed by atoms with E-state index in [1.165, 1.54) is 4.90 Å². The van der Waals surface area contributed by atoms with Gasteiger partial charge in [0.2, 0.25) is 12.5 Å². The molecule has 0 spiro atoms. The maximum atomic E-state index is 11.5. The molecule has 1 heterocycles. The summed E-state index contributed by atoms with van der Waals surface area (Å²) in [6.45, 7) is 0.393. The molecule has 0 aromatic rings. The monoisotopic (exact) mass is 234 g/mol. The Bertz CT molecular complexity index is 293. The van der Waals surface area contributed by atoms with Crippen LogP contribution in [-0.2, 0) is 14.2 Å². The third-order valence-electron chi connectivity index (χ3n) is 2.33. The van der Waals surface area contributed by atoms with E-state index in [9.17, 15) is 14.2 Å². The molecular formula is C8H13NO5P+. The van der Waals surface area contributed by atoms with E-state index in [1.54, 1.807) is 0 Å². The number of amides is 1. The highest BCUT2D eigenvalue weighted by Gasteiger charge is 2.36. The van der Waals surface area contributed by atoms with E-state index in [0.29, 0.717) is 19.4 Å². The lowest BCUT2D eigenvalue weighted by Crippen LogP contribution is -2.41. The zero-order chi connectivity index (χ0) is 11.4. The fourth-order valence-corrected chi connectivity index (χ4v) is 2.20. The number of hydrogen-bond acceptors (Lipinski definition) is 4. The van der Waals surface area contributed by atoms with Crippen LogP contribution in [0.3, 0.4) is 0 Å². The van der Waals surface area contributed by atoms with Gasteiger partial charge in [-0.05, 0) is 12.8 Å². The van der Waals surface area contributed by atoms with E-state index in [0.717, 1.165) is 0 Å². The van der Waals surface area contributed by atoms with Crippen molar-refractivity contribution in [2.75, 3.05) is 19.1 Å². The minimum absolute atomic E-state index is 0.268. The average Bonchev–Trinajstić information content (AvgIpc) is 2.65. The molecule has 0 bridgehead atoms. The van der Waals surface area contributed by atoms with Crippen molar-refractivity contribution < 1.29 is 24.4 Å². The molecule has 1 aliphatic heterocycles. The maximum Gasteiger partial charge on any atom is 0.376 e. The molecule has 1 amide bonds. The van der Waals surface area contributed by atoms with E-state index >= 15 is 0 Å². The van der Waals surface area contributed by atoms with E-state index in [2.05, 4.69) is 0 Å². The second-order valence-corrected chi connectivity index (χ2v) is 4.93. The number of nitrogens with zero attached hydrogens (tertiary/aromatic N) is 1. The number of hydrogen-bond donors (Lipinski definition) is 2. The third-order valence-corrected chi connectivity index (χ3v) is 3.27. The van der Waals surface area contributed by atoms with Gasteiger partial charge in [0.25, 0.3) is 5.91 Å². The van der Waals surface area contributed by atoms with Crippen LogP contribution in [0, 0.1) is 0 Å². The molecule has 0 radical (unpaired) electrons. The molecule has 84 valence electrons. The average molecular weight is 234 g/mol. The summed E-state index contributed by atoms with van der Waals surface area (Å²) in [5, 5.41) is 17.3. The Balaban J connectivity index is 2.58. The molecule has 0 saturated carbocycles. The summed E-state index contributed by atoms with van der Waals surface area (Å²) in [5.74, 6) is -1.48. The van der Waals surface area contributed by atoms with Gasteiger partial charge in [0.15, 0.2) is 0 Å². The molecule has 1 rings (SSSR count). The fraction of sp³-hybridized carbons (Fsp3) is 0.750. The third kappa shape index (κ3) is 2.97. The molecule has 7 heteroatoms. The number of carboxylic acid groups (broad SMARTS) is 1. The first-order valence-corrected chi connectivity index (χ1v) is 6.24. The lowest BCUT2D eigenvalue weighted by atomic mass is 10.2. The van der Waals surface area contributed by atoms with E-state index in [4.69, 9.17) is 10.2 Å². The van der Waals surface area contributed by atoms with Gasteiger partial charge in [0, 0.05) is 6.54 Å². The Labute approximate surface area is 87.7 Å². The SMILES string of the molecule is O=C(O)[C@@H]1CCCN1C(=O)C[P+](=O)CO. The molecular weight excluding hydrogens is 221 g/mol. The summed E-state index contributed by atoms with van der Waals surface area (Å²) in [7, 11) is -1.95. The van der Waals surface area contributed by atoms with Gasteiger partial charge in [0.05, 0.1) is 0 Å². The smallest absolute Gasteiger partial charge is 0.376 e. The highest BCUT2D eigenvalue weighted by Crippen LogP contribution is 2.23. The first-order chi connectivity index (χ1) is 7.06. The normalized spacial score (nSPS) is 21.5. The minimum atomic E-state index is -1.95. The quantitative estimate of drug-likeness (QED) is 0.659. The lowest BCUT2D eigenvalue weighted by molar-refractivity contribution is -0.147. The number of aliphatic carboxylic acids is 1. The van der Waals surface area contributed by atoms with Crippen LogP contribution < -0.4 is 0 Å². The Morgan fingerprint density at radius 3 is 2.67 bits per heavy atom. The number of aliphatic hydroxyl groups is 1. The van der Waals surface area contributed by atoms with E-state index in [-0.39, 0.29) is 6.16 Å². The highest BCUT2D eigenvalue weighted by atomic mass is 31.1. The zero-order valence-corrected chi connectivity index (χ0v) is 9.02. The number of likely N-dealkylation sites (tertiary alicyclic amines) is 1. The molecule has 0 aromatic carbocycles. The topological polar surface area (TPSA) is 94.9 Å². The van der Waals surface area contributed by atoms with Gasteiger partial charge in [0.1, 0.15) is 6.04 Å². The largest absolute Gasteiger partial charge is 0.480 e. The van der Waals surface area contributed by atoms with Crippen molar-refractivity contribution in [3.8, 4) is 0 Å². The molecule has 1 saturated heterocycles. The van der Waals surface area contributed by atoms with Crippen molar-refractivity contribution in [1.29, 1.82) is 0 Å². The minimum Gasteiger partial charge on any atom is -0.480 e. The van der Waals surface area contributed by atoms with E-state index in [1.807, 2.05) is 0 Å². The standard InChI is InChI=1S/C8H12NO5P/c10-5-15(14)4-7(11)9-3-1-2-6(9)8(12)13/h6,10H,1-5H2/p+1/t6-/m0/s1. The van der Waals surface area contributed by atoms with Gasteiger partial charge in [-0.1, -0.05) is 4.57 Å². The van der Waals surface area contributed by atoms with E-state index < -0.39 is 32.1 Å². The van der Waals surface area contributed by atoms with Crippen molar-refractivity contribution in [3.05, 3.63) is 0 Å². The molecule has 0 aromatic heterocycles. The van der Waals surface area contributed by atoms with Crippen molar-refractivity contribution in [2.45, 2.75) is 18.9 Å². The van der Waals surface area contributed by atoms with Crippen LogP contribution in [0.1, 0.15) is 12.8 Å². The molecule has 1 unspecified atom stereocenters. The van der Waals surface area contributed by atoms with Crippen LogP contribution in [0.25, 0.3) is 0 Å². The molecule has 2 N–H and O–H groups in total. The second-order valence-electron chi connectivity index (χ2n) is 3.36. The fourth-order valence-electron chi connectivity index (χ4n) is 1.61. The molecule has 1 aliphatic rings. The van der Waals surface area contributed by atoms with Crippen LogP contribution in [-0.4, -0.2) is 52.1 Å². The van der Waals surface area contributed by atoms with Crippen molar-refractivity contribution in [1.82, 2.24) is 4.90 Å². The number of carbonyl (C=O) groups excluding carboxylic acids is 1. The molecule has 0 aliphatic carbocycles. The molecule has 1 fully saturated rings. The summed E-state index contributed by atoms with van der Waals surface area (Å²) in [5.41, 5.74) is 0. The van der Waals surface area contributed by atoms with Gasteiger partial charge in [-0.2, -0.15) is 0 Å². The Morgan fingerprint density at radius 2 is 2.13 bits per heavy atom. The first-order valence-electron chi connectivity index (χ1n) is 4.61. The molecule has 15 heavy (non-hydrogen) atoms. The number of carboxylic acids is 1. The number of carbonyl (C=O) groups is 2. The van der Waals surface area contributed by atoms with Gasteiger partial charge in [-0.25, -0.2) is 4.79 Å². The molecule has 2 atom stereocenters. The number of aliphatic hydroxyl groups excluding tert-OH is 1. The Hall–Kier alpha value is -1.00. The summed E-state index contributed by atoms with van der Waals surface area (Å²) in [6.07, 6.45) is 0.290. The summed E-state index contributed by atoms with van der Waals surface area (Å²) in [4.78, 5) is 23.5. The van der Waals surface area contributed by atoms with Gasteiger partial charge in [-0.15, -0.1) is 0 Å². The van der Waals surface area contributed by atoms with Gasteiger partial charge >= 0.3 is 13.8 Å². The summed E-state index contributed by atoms with van der Waals surface area (Å²) in [6, 6.07) is -0.792. The number of rotatable bonds is 4. The second kappa shape index (κ2) is 5.19. The predicted molar refractivity (Wildman–Crippen MR) is 51.9 cm³/mol. The first kappa shape index (κ1) is 12.1. The van der Waals surface area contributed by atoms with Crippen LogP contribution >= 0.6 is 7.80 Å². The van der Waals surface area contributed by atoms with Crippen molar-refractivity contribution >= 4 is 19.7 Å². The highest BCUT2D eigenvalue weighted by molar-refractivity contribution is 7.45. The van der Waals surface area contributed by atoms with Crippen LogP contribution in [0.5, 0.6) is 0 Å². The van der Waals surface area contributed by atoms with Crippen LogP contribution in [0.15, 0.2) is 0 Å². The molecule has 6 nitrogen and oxygen atoms in total. The maximum absolute atomic E-state index is 11.5. The summed E-state index contributed by atoms with van der Waals surface area (Å²) < 4.78 is 11.0. The van der Waals surface area contributed by atoms with Crippen LogP contribution in [0.2, 0.25) is 0 Å². The summed E-state index contributed by atoms with van der Waals surface area (Å²) >= 11 is 0. The van der Waals surface area contributed by atoms with Crippen molar-refractivity contribution in [2.24, 2.45) is 0 Å². The lowest BCUT2D eigenvalue weighted by Gasteiger charge is -2.18. The Morgan fingerprint density at radius 1 is 1.47 bits per heavy atom. The Kier molecular flexibility index (Phi) is 4.17. The zero-order valence-electron chi connectivity index (χ0n) is 8.13. The van der Waals surface area contributed by atoms with Gasteiger partial charge < -0.3 is 15.1 Å². The van der Waals surface area contributed by atoms with Crippen LogP contribution in [0.4, 0.5) is 0 Å².